The van der Waals surface area contributed by atoms with Gasteiger partial charge in [-0.15, -0.1) is 0 Å². The lowest BCUT2D eigenvalue weighted by atomic mass is 10.2. The molecule has 1 fully saturated rings. The summed E-state index contributed by atoms with van der Waals surface area (Å²) in [6, 6.07) is 16.7. The second-order valence-electron chi connectivity index (χ2n) is 8.91. The fourth-order valence-corrected chi connectivity index (χ4v) is 4.67. The average Bonchev–Trinajstić information content (AvgIpc) is 3.46. The molecule has 1 saturated heterocycles. The summed E-state index contributed by atoms with van der Waals surface area (Å²) >= 11 is 5.38. The Morgan fingerprint density at radius 2 is 1.97 bits per heavy atom. The molecule has 1 aliphatic heterocycles. The van der Waals surface area contributed by atoms with E-state index in [9.17, 15) is 4.39 Å². The van der Waals surface area contributed by atoms with Crippen molar-refractivity contribution in [1.29, 1.82) is 0 Å². The third kappa shape index (κ3) is 5.72. The van der Waals surface area contributed by atoms with Crippen LogP contribution >= 0.6 is 12.2 Å². The van der Waals surface area contributed by atoms with Crippen molar-refractivity contribution >= 4 is 45.7 Å². The van der Waals surface area contributed by atoms with E-state index in [4.69, 9.17) is 22.9 Å². The third-order valence-electron chi connectivity index (χ3n) is 6.33. The Morgan fingerprint density at radius 3 is 2.81 bits per heavy atom. The van der Waals surface area contributed by atoms with Gasteiger partial charge in [-0.25, -0.2) is 9.37 Å². The van der Waals surface area contributed by atoms with E-state index in [0.29, 0.717) is 23.0 Å². The summed E-state index contributed by atoms with van der Waals surface area (Å²) in [6.45, 7) is 4.12. The van der Waals surface area contributed by atoms with Crippen LogP contribution in [-0.2, 0) is 6.54 Å². The smallest absolute Gasteiger partial charge is 0.204 e. The van der Waals surface area contributed by atoms with Crippen molar-refractivity contribution in [2.24, 2.45) is 0 Å². The molecule has 36 heavy (non-hydrogen) atoms. The Labute approximate surface area is 214 Å². The van der Waals surface area contributed by atoms with Crippen LogP contribution in [0.3, 0.4) is 0 Å². The van der Waals surface area contributed by atoms with E-state index in [1.165, 1.54) is 12.1 Å². The summed E-state index contributed by atoms with van der Waals surface area (Å²) in [5.41, 5.74) is 10.3. The first kappa shape index (κ1) is 24.0. The van der Waals surface area contributed by atoms with Gasteiger partial charge in [0, 0.05) is 38.4 Å². The van der Waals surface area contributed by atoms with E-state index in [1.54, 1.807) is 18.5 Å². The molecule has 5 rings (SSSR count). The first-order valence-electron chi connectivity index (χ1n) is 12.0. The Hall–Kier alpha value is -3.76. The van der Waals surface area contributed by atoms with Crippen molar-refractivity contribution < 1.29 is 4.39 Å². The summed E-state index contributed by atoms with van der Waals surface area (Å²) in [5.74, 6) is 0.607. The van der Waals surface area contributed by atoms with Crippen LogP contribution in [0.5, 0.6) is 0 Å². The fraction of sp³-hybridized carbons (Fsp3) is 0.269. The highest BCUT2D eigenvalue weighted by molar-refractivity contribution is 7.80. The van der Waals surface area contributed by atoms with Crippen LogP contribution in [0.25, 0.3) is 11.0 Å². The molecule has 10 heteroatoms. The number of nitrogens with two attached hydrogens (primary N) is 1. The van der Waals surface area contributed by atoms with E-state index >= 15 is 0 Å². The van der Waals surface area contributed by atoms with Crippen molar-refractivity contribution in [2.75, 3.05) is 42.5 Å². The number of halogens is 1. The standard InChI is InChI=1S/C26H29FN8S/c27-19-7-5-18(6-8-19)16-35-24-4-2-1-3-22(24)32-25(35)31-20-10-13-34(17-20)14-12-30-26(36)33-23-15-29-11-9-21(23)28/h1-9,11,15,20H,10,12-14,16-17H2,(H2,28,29)(H,31,32)(H2,30,33,36). The molecule has 0 aliphatic carbocycles. The van der Waals surface area contributed by atoms with E-state index in [2.05, 4.69) is 36.5 Å². The molecule has 2 aromatic carbocycles. The first-order valence-corrected chi connectivity index (χ1v) is 12.4. The van der Waals surface area contributed by atoms with Gasteiger partial charge in [-0.1, -0.05) is 24.3 Å². The molecule has 1 unspecified atom stereocenters. The average molecular weight is 505 g/mol. The summed E-state index contributed by atoms with van der Waals surface area (Å²) in [5, 5.41) is 10.5. The van der Waals surface area contributed by atoms with Gasteiger partial charge >= 0.3 is 0 Å². The Morgan fingerprint density at radius 1 is 1.14 bits per heavy atom. The molecule has 1 atom stereocenters. The molecule has 5 N–H and O–H groups in total. The Kier molecular flexibility index (Phi) is 7.24. The zero-order chi connectivity index (χ0) is 24.9. The maximum atomic E-state index is 13.4. The first-order chi connectivity index (χ1) is 17.5. The molecule has 0 spiro atoms. The third-order valence-corrected chi connectivity index (χ3v) is 6.58. The van der Waals surface area contributed by atoms with Gasteiger partial charge in [0.25, 0.3) is 0 Å². The number of nitrogens with one attached hydrogen (secondary N) is 3. The quantitative estimate of drug-likeness (QED) is 0.270. The van der Waals surface area contributed by atoms with Crippen LogP contribution in [0.4, 0.5) is 21.7 Å². The predicted molar refractivity (Wildman–Crippen MR) is 147 cm³/mol. The van der Waals surface area contributed by atoms with Gasteiger partial charge < -0.3 is 26.3 Å². The zero-order valence-corrected chi connectivity index (χ0v) is 20.6. The van der Waals surface area contributed by atoms with E-state index in [0.717, 1.165) is 55.1 Å². The number of para-hydroxylation sites is 2. The van der Waals surface area contributed by atoms with Gasteiger partial charge in [-0.3, -0.25) is 9.88 Å². The summed E-state index contributed by atoms with van der Waals surface area (Å²) in [7, 11) is 0. The number of rotatable bonds is 8. The van der Waals surface area contributed by atoms with Crippen LogP contribution < -0.4 is 21.7 Å². The van der Waals surface area contributed by atoms with Crippen molar-refractivity contribution in [3.8, 4) is 0 Å². The lowest BCUT2D eigenvalue weighted by Crippen LogP contribution is -2.37. The predicted octanol–water partition coefficient (Wildman–Crippen LogP) is 3.67. The van der Waals surface area contributed by atoms with E-state index < -0.39 is 0 Å². The monoisotopic (exact) mass is 504 g/mol. The summed E-state index contributed by atoms with van der Waals surface area (Å²) in [4.78, 5) is 11.3. The number of benzene rings is 2. The molecule has 8 nitrogen and oxygen atoms in total. The van der Waals surface area contributed by atoms with Gasteiger partial charge in [0.05, 0.1) is 35.1 Å². The molecule has 1 aliphatic rings. The number of hydrogen-bond acceptors (Lipinski definition) is 6. The Balaban J connectivity index is 1.16. The van der Waals surface area contributed by atoms with Crippen LogP contribution in [0.2, 0.25) is 0 Å². The van der Waals surface area contributed by atoms with E-state index in [1.807, 2.05) is 30.3 Å². The molecule has 0 amide bonds. The molecular formula is C26H29FN8S. The molecule has 0 bridgehead atoms. The van der Waals surface area contributed by atoms with Crippen LogP contribution in [-0.4, -0.2) is 56.8 Å². The van der Waals surface area contributed by atoms with Crippen molar-refractivity contribution in [2.45, 2.75) is 19.0 Å². The van der Waals surface area contributed by atoms with Crippen LogP contribution in [0.15, 0.2) is 67.0 Å². The van der Waals surface area contributed by atoms with Crippen molar-refractivity contribution in [3.63, 3.8) is 0 Å². The van der Waals surface area contributed by atoms with Crippen LogP contribution in [0.1, 0.15) is 12.0 Å². The molecule has 4 aromatic rings. The number of anilines is 3. The second-order valence-corrected chi connectivity index (χ2v) is 9.32. The van der Waals surface area contributed by atoms with Gasteiger partial charge in [0.15, 0.2) is 5.11 Å². The van der Waals surface area contributed by atoms with Gasteiger partial charge in [-0.05, 0) is 54.5 Å². The topological polar surface area (TPSA) is 96.1 Å². The zero-order valence-electron chi connectivity index (χ0n) is 19.8. The Bertz CT molecular complexity index is 1340. The molecule has 0 saturated carbocycles. The fourth-order valence-electron chi connectivity index (χ4n) is 4.46. The normalized spacial score (nSPS) is 15.8. The number of imidazole rings is 1. The van der Waals surface area contributed by atoms with Crippen LogP contribution in [0, 0.1) is 5.82 Å². The van der Waals surface area contributed by atoms with Crippen molar-refractivity contribution in [1.82, 2.24) is 24.8 Å². The van der Waals surface area contributed by atoms with E-state index in [-0.39, 0.29) is 11.9 Å². The lowest BCUT2D eigenvalue weighted by molar-refractivity contribution is 0.341. The lowest BCUT2D eigenvalue weighted by Gasteiger charge is -2.19. The minimum Gasteiger partial charge on any atom is -0.397 e. The summed E-state index contributed by atoms with van der Waals surface area (Å²) < 4.78 is 15.6. The highest BCUT2D eigenvalue weighted by Gasteiger charge is 2.24. The number of thiocarbonyl (C=S) groups is 1. The highest BCUT2D eigenvalue weighted by atomic mass is 32.1. The largest absolute Gasteiger partial charge is 0.397 e. The number of hydrogen-bond donors (Lipinski definition) is 4. The second kappa shape index (κ2) is 10.9. The maximum Gasteiger partial charge on any atom is 0.204 e. The number of nitrogens with zero attached hydrogens (tertiary/aromatic N) is 4. The number of pyridine rings is 1. The molecule has 186 valence electrons. The minimum absolute atomic E-state index is 0.231. The number of fused-ring (bicyclic) bond motifs is 1. The SMILES string of the molecule is Nc1ccncc1NC(=S)NCCN1CCC(Nc2nc3ccccc3n2Cc2ccc(F)cc2)C1. The maximum absolute atomic E-state index is 13.4. The van der Waals surface area contributed by atoms with Gasteiger partial charge in [0.2, 0.25) is 5.95 Å². The number of nitrogen functional groups attached to an aromatic ring is 1. The molecular weight excluding hydrogens is 475 g/mol. The minimum atomic E-state index is -0.231. The van der Waals surface area contributed by atoms with Gasteiger partial charge in [0.1, 0.15) is 5.82 Å². The molecule has 3 heterocycles. The highest BCUT2D eigenvalue weighted by Crippen LogP contribution is 2.23. The van der Waals surface area contributed by atoms with Crippen molar-refractivity contribution in [3.05, 3.63) is 78.4 Å². The number of aromatic nitrogens is 3. The van der Waals surface area contributed by atoms with Gasteiger partial charge in [-0.2, -0.15) is 0 Å². The summed E-state index contributed by atoms with van der Waals surface area (Å²) in [6.07, 6.45) is 4.32. The number of likely N-dealkylation sites (tertiary alicyclic amines) is 1. The molecule has 2 aromatic heterocycles. The molecule has 0 radical (unpaired) electrons.